The largest absolute Gasteiger partial charge is 0.320 e. The van der Waals surface area contributed by atoms with E-state index < -0.39 is 6.04 Å². The van der Waals surface area contributed by atoms with Crippen LogP contribution in [0.3, 0.4) is 0 Å². The highest BCUT2D eigenvalue weighted by Gasteiger charge is 2.23. The van der Waals surface area contributed by atoms with Gasteiger partial charge in [0.2, 0.25) is 5.91 Å². The molecule has 0 spiro atoms. The Labute approximate surface area is 96.5 Å². The number of nitrogens with zero attached hydrogens (tertiary/aromatic N) is 2. The molecule has 0 saturated carbocycles. The maximum absolute atomic E-state index is 12.0. The van der Waals surface area contributed by atoms with Gasteiger partial charge < -0.3 is 10.6 Å². The van der Waals surface area contributed by atoms with E-state index in [1.807, 2.05) is 13.8 Å². The van der Waals surface area contributed by atoms with E-state index in [9.17, 15) is 4.79 Å². The Morgan fingerprint density at radius 1 is 1.50 bits per heavy atom. The number of pyridine rings is 1. The van der Waals surface area contributed by atoms with Crippen molar-refractivity contribution in [2.24, 2.45) is 11.7 Å². The highest BCUT2D eigenvalue weighted by atomic mass is 16.2. The average Bonchev–Trinajstić information content (AvgIpc) is 2.36. The van der Waals surface area contributed by atoms with Crippen LogP contribution in [0.15, 0.2) is 24.5 Å². The summed E-state index contributed by atoms with van der Waals surface area (Å²) in [4.78, 5) is 17.5. The van der Waals surface area contributed by atoms with Crippen LogP contribution in [0.25, 0.3) is 0 Å². The van der Waals surface area contributed by atoms with Crippen LogP contribution in [0.5, 0.6) is 0 Å². The van der Waals surface area contributed by atoms with Crippen LogP contribution in [0, 0.1) is 5.92 Å². The van der Waals surface area contributed by atoms with E-state index in [2.05, 4.69) is 4.98 Å². The fourth-order valence-corrected chi connectivity index (χ4v) is 1.42. The molecule has 0 saturated heterocycles. The van der Waals surface area contributed by atoms with Gasteiger partial charge in [0.25, 0.3) is 0 Å². The third kappa shape index (κ3) is 2.79. The number of amides is 1. The molecule has 0 aliphatic heterocycles. The molecule has 0 aromatic carbocycles. The van der Waals surface area contributed by atoms with Crippen LogP contribution in [0.4, 0.5) is 5.69 Å². The third-order valence-corrected chi connectivity index (χ3v) is 2.92. The van der Waals surface area contributed by atoms with Crippen LogP contribution in [0.2, 0.25) is 0 Å². The Balaban J connectivity index is 2.75. The second-order valence-corrected chi connectivity index (χ2v) is 4.01. The Bertz CT molecular complexity index is 339. The van der Waals surface area contributed by atoms with E-state index in [0.29, 0.717) is 0 Å². The molecule has 0 aliphatic rings. The highest BCUT2D eigenvalue weighted by molar-refractivity contribution is 5.96. The van der Waals surface area contributed by atoms with Gasteiger partial charge in [0, 0.05) is 25.1 Å². The van der Waals surface area contributed by atoms with Gasteiger partial charge in [-0.25, -0.2) is 0 Å². The summed E-state index contributed by atoms with van der Waals surface area (Å²) in [7, 11) is 1.74. The lowest BCUT2D eigenvalue weighted by atomic mass is 9.99. The normalized spacial score (nSPS) is 14.2. The van der Waals surface area contributed by atoms with E-state index in [4.69, 9.17) is 5.73 Å². The van der Waals surface area contributed by atoms with Crippen molar-refractivity contribution < 1.29 is 4.79 Å². The molecule has 2 atom stereocenters. The smallest absolute Gasteiger partial charge is 0.243 e. The van der Waals surface area contributed by atoms with Crippen molar-refractivity contribution in [3.05, 3.63) is 24.5 Å². The minimum Gasteiger partial charge on any atom is -0.320 e. The fraction of sp³-hybridized carbons (Fsp3) is 0.500. The Kier molecular flexibility index (Phi) is 4.43. The van der Waals surface area contributed by atoms with Crippen molar-refractivity contribution in [1.82, 2.24) is 4.98 Å². The molecular formula is C12H19N3O. The minimum absolute atomic E-state index is 0.0550. The molecule has 0 bridgehead atoms. The van der Waals surface area contributed by atoms with Crippen LogP contribution in [-0.4, -0.2) is 24.0 Å². The van der Waals surface area contributed by atoms with Crippen LogP contribution in [-0.2, 0) is 4.79 Å². The van der Waals surface area contributed by atoms with Gasteiger partial charge in [-0.3, -0.25) is 9.78 Å². The van der Waals surface area contributed by atoms with Gasteiger partial charge in [-0.05, 0) is 18.1 Å². The summed E-state index contributed by atoms with van der Waals surface area (Å²) in [5.74, 6) is 0.136. The highest BCUT2D eigenvalue weighted by Crippen LogP contribution is 2.14. The van der Waals surface area contributed by atoms with E-state index in [0.717, 1.165) is 12.1 Å². The van der Waals surface area contributed by atoms with Crippen molar-refractivity contribution in [1.29, 1.82) is 0 Å². The van der Waals surface area contributed by atoms with E-state index in [-0.39, 0.29) is 11.8 Å². The van der Waals surface area contributed by atoms with Crippen molar-refractivity contribution in [2.75, 3.05) is 11.9 Å². The number of aromatic nitrogens is 1. The molecule has 1 aromatic rings. The Morgan fingerprint density at radius 2 is 2.06 bits per heavy atom. The molecule has 1 amide bonds. The number of nitrogens with two attached hydrogens (primary N) is 1. The lowest BCUT2D eigenvalue weighted by Crippen LogP contribution is -2.45. The molecule has 1 heterocycles. The summed E-state index contributed by atoms with van der Waals surface area (Å²) in [6.45, 7) is 4.02. The first-order chi connectivity index (χ1) is 7.57. The summed E-state index contributed by atoms with van der Waals surface area (Å²) >= 11 is 0. The minimum atomic E-state index is -0.442. The van der Waals surface area contributed by atoms with Gasteiger partial charge in [-0.2, -0.15) is 0 Å². The molecule has 0 aliphatic carbocycles. The van der Waals surface area contributed by atoms with Gasteiger partial charge >= 0.3 is 0 Å². The number of hydrogen-bond acceptors (Lipinski definition) is 3. The van der Waals surface area contributed by atoms with Crippen LogP contribution < -0.4 is 10.6 Å². The van der Waals surface area contributed by atoms with Crippen LogP contribution >= 0.6 is 0 Å². The standard InChI is InChI=1S/C12H19N3O/c1-4-9(2)11(13)12(16)15(3)10-5-7-14-8-6-10/h5-9,11H,4,13H2,1-3H3/t9-,11-/m0/s1. The summed E-state index contributed by atoms with van der Waals surface area (Å²) in [6, 6.07) is 3.14. The molecule has 0 fully saturated rings. The zero-order chi connectivity index (χ0) is 12.1. The quantitative estimate of drug-likeness (QED) is 0.836. The summed E-state index contributed by atoms with van der Waals surface area (Å²) < 4.78 is 0. The zero-order valence-corrected chi connectivity index (χ0v) is 10.1. The summed E-state index contributed by atoms with van der Waals surface area (Å²) in [5.41, 5.74) is 6.72. The van der Waals surface area contributed by atoms with Gasteiger partial charge in [0.15, 0.2) is 0 Å². The first-order valence-corrected chi connectivity index (χ1v) is 5.51. The molecule has 16 heavy (non-hydrogen) atoms. The molecular weight excluding hydrogens is 202 g/mol. The summed E-state index contributed by atoms with van der Waals surface area (Å²) in [6.07, 6.45) is 4.22. The summed E-state index contributed by atoms with van der Waals surface area (Å²) in [5, 5.41) is 0. The Hall–Kier alpha value is -1.42. The lowest BCUT2D eigenvalue weighted by molar-refractivity contribution is -0.120. The lowest BCUT2D eigenvalue weighted by Gasteiger charge is -2.24. The molecule has 0 radical (unpaired) electrons. The number of anilines is 1. The number of carbonyl (C=O) groups excluding carboxylic acids is 1. The van der Waals surface area contributed by atoms with Crippen LogP contribution in [0.1, 0.15) is 20.3 Å². The van der Waals surface area contributed by atoms with Crippen molar-refractivity contribution >= 4 is 11.6 Å². The molecule has 4 heteroatoms. The van der Waals surface area contributed by atoms with E-state index >= 15 is 0 Å². The monoisotopic (exact) mass is 221 g/mol. The van der Waals surface area contributed by atoms with E-state index in [1.54, 1.807) is 36.5 Å². The second-order valence-electron chi connectivity index (χ2n) is 4.01. The first kappa shape index (κ1) is 12.6. The first-order valence-electron chi connectivity index (χ1n) is 5.51. The number of hydrogen-bond donors (Lipinski definition) is 1. The maximum Gasteiger partial charge on any atom is 0.243 e. The van der Waals surface area contributed by atoms with Gasteiger partial charge in [-0.1, -0.05) is 20.3 Å². The van der Waals surface area contributed by atoms with Gasteiger partial charge in [0.05, 0.1) is 6.04 Å². The topological polar surface area (TPSA) is 59.2 Å². The predicted octanol–water partition coefficient (Wildman–Crippen LogP) is 1.42. The molecule has 88 valence electrons. The number of rotatable bonds is 4. The zero-order valence-electron chi connectivity index (χ0n) is 10.1. The van der Waals surface area contributed by atoms with Crippen molar-refractivity contribution in [2.45, 2.75) is 26.3 Å². The average molecular weight is 221 g/mol. The second kappa shape index (κ2) is 5.61. The van der Waals surface area contributed by atoms with Crippen molar-refractivity contribution in [3.63, 3.8) is 0 Å². The fourth-order valence-electron chi connectivity index (χ4n) is 1.42. The SMILES string of the molecule is CC[C@H](C)[C@H](N)C(=O)N(C)c1ccncc1. The van der Waals surface area contributed by atoms with Gasteiger partial charge in [-0.15, -0.1) is 0 Å². The maximum atomic E-state index is 12.0. The predicted molar refractivity (Wildman–Crippen MR) is 65.1 cm³/mol. The molecule has 2 N–H and O–H groups in total. The van der Waals surface area contributed by atoms with E-state index in [1.165, 1.54) is 0 Å². The molecule has 0 unspecified atom stereocenters. The Morgan fingerprint density at radius 3 is 2.56 bits per heavy atom. The molecule has 1 aromatic heterocycles. The van der Waals surface area contributed by atoms with Crippen molar-refractivity contribution in [3.8, 4) is 0 Å². The number of likely N-dealkylation sites (N-methyl/N-ethyl adjacent to an activating group) is 1. The third-order valence-electron chi connectivity index (χ3n) is 2.92. The van der Waals surface area contributed by atoms with Gasteiger partial charge in [0.1, 0.15) is 0 Å². The number of carbonyl (C=O) groups is 1. The molecule has 4 nitrogen and oxygen atoms in total. The molecule has 1 rings (SSSR count).